The van der Waals surface area contributed by atoms with E-state index in [0.29, 0.717) is 16.7 Å². The molecule has 0 aliphatic rings. The van der Waals surface area contributed by atoms with Crippen LogP contribution < -0.4 is 5.73 Å². The van der Waals surface area contributed by atoms with Gasteiger partial charge in [-0.3, -0.25) is 0 Å². The van der Waals surface area contributed by atoms with Gasteiger partial charge in [-0.15, -0.1) is 0 Å². The second-order valence-electron chi connectivity index (χ2n) is 7.62. The highest BCUT2D eigenvalue weighted by Crippen LogP contribution is 2.25. The van der Waals surface area contributed by atoms with E-state index in [9.17, 15) is 0 Å². The maximum atomic E-state index is 5.87. The Morgan fingerprint density at radius 2 is 1.50 bits per heavy atom. The van der Waals surface area contributed by atoms with E-state index in [1.807, 2.05) is 0 Å². The zero-order valence-corrected chi connectivity index (χ0v) is 12.4. The molecule has 0 aliphatic carbocycles. The molecule has 0 aromatic heterocycles. The summed E-state index contributed by atoms with van der Waals surface area (Å²) in [6.07, 6.45) is 1.21. The van der Waals surface area contributed by atoms with Crippen molar-refractivity contribution in [2.75, 3.05) is 26.7 Å². The van der Waals surface area contributed by atoms with Gasteiger partial charge in [-0.1, -0.05) is 41.5 Å². The van der Waals surface area contributed by atoms with E-state index in [1.54, 1.807) is 0 Å². The summed E-state index contributed by atoms with van der Waals surface area (Å²) in [5.74, 6) is 0.618. The smallest absolute Gasteiger partial charge is 0.00271 e. The lowest BCUT2D eigenvalue weighted by Crippen LogP contribution is -2.36. The molecule has 0 aromatic rings. The van der Waals surface area contributed by atoms with E-state index in [4.69, 9.17) is 5.73 Å². The van der Waals surface area contributed by atoms with Crippen molar-refractivity contribution in [1.82, 2.24) is 4.90 Å². The first-order valence-electron chi connectivity index (χ1n) is 6.42. The van der Waals surface area contributed by atoms with Gasteiger partial charge in [-0.05, 0) is 36.8 Å². The summed E-state index contributed by atoms with van der Waals surface area (Å²) in [6.45, 7) is 16.8. The molecule has 0 saturated heterocycles. The molecule has 2 nitrogen and oxygen atoms in total. The SMILES string of the molecule is CN(CC(CN)CC(C)(C)C)CC(C)(C)C. The molecule has 1 atom stereocenters. The van der Waals surface area contributed by atoms with Crippen LogP contribution in [0.25, 0.3) is 0 Å². The van der Waals surface area contributed by atoms with Crippen molar-refractivity contribution >= 4 is 0 Å². The fourth-order valence-electron chi connectivity index (χ4n) is 2.40. The van der Waals surface area contributed by atoms with E-state index in [-0.39, 0.29) is 0 Å². The zero-order valence-electron chi connectivity index (χ0n) is 12.4. The Morgan fingerprint density at radius 3 is 1.81 bits per heavy atom. The number of nitrogens with two attached hydrogens (primary N) is 1. The monoisotopic (exact) mass is 228 g/mol. The molecule has 0 heterocycles. The molecule has 0 fully saturated rings. The van der Waals surface area contributed by atoms with Crippen LogP contribution in [0, 0.1) is 16.7 Å². The maximum Gasteiger partial charge on any atom is 0.00271 e. The van der Waals surface area contributed by atoms with E-state index in [0.717, 1.165) is 19.6 Å². The zero-order chi connectivity index (χ0) is 13.0. The first-order valence-corrected chi connectivity index (χ1v) is 6.42. The Kier molecular flexibility index (Phi) is 5.99. The molecule has 0 radical (unpaired) electrons. The summed E-state index contributed by atoms with van der Waals surface area (Å²) in [5.41, 5.74) is 6.62. The first kappa shape index (κ1) is 15.9. The lowest BCUT2D eigenvalue weighted by atomic mass is 9.84. The van der Waals surface area contributed by atoms with Crippen molar-refractivity contribution in [1.29, 1.82) is 0 Å². The highest BCUT2D eigenvalue weighted by atomic mass is 15.1. The van der Waals surface area contributed by atoms with E-state index in [1.165, 1.54) is 6.42 Å². The quantitative estimate of drug-likeness (QED) is 0.784. The van der Waals surface area contributed by atoms with Crippen molar-refractivity contribution in [2.45, 2.75) is 48.0 Å². The minimum atomic E-state index is 0.371. The van der Waals surface area contributed by atoms with Gasteiger partial charge in [0.1, 0.15) is 0 Å². The van der Waals surface area contributed by atoms with Crippen LogP contribution in [0.2, 0.25) is 0 Å². The van der Waals surface area contributed by atoms with E-state index >= 15 is 0 Å². The second kappa shape index (κ2) is 6.02. The predicted molar refractivity (Wildman–Crippen MR) is 73.6 cm³/mol. The second-order valence-corrected chi connectivity index (χ2v) is 7.62. The van der Waals surface area contributed by atoms with Gasteiger partial charge in [0.25, 0.3) is 0 Å². The Labute approximate surface area is 103 Å². The number of nitrogens with zero attached hydrogens (tertiary/aromatic N) is 1. The lowest BCUT2D eigenvalue weighted by Gasteiger charge is -2.32. The highest BCUT2D eigenvalue weighted by molar-refractivity contribution is 4.74. The van der Waals surface area contributed by atoms with Crippen LogP contribution in [0.15, 0.2) is 0 Å². The molecule has 98 valence electrons. The first-order chi connectivity index (χ1) is 7.03. The van der Waals surface area contributed by atoms with Crippen molar-refractivity contribution in [2.24, 2.45) is 22.5 Å². The largest absolute Gasteiger partial charge is 0.330 e. The van der Waals surface area contributed by atoms with Gasteiger partial charge in [-0.2, -0.15) is 0 Å². The van der Waals surface area contributed by atoms with Crippen LogP contribution in [-0.4, -0.2) is 31.6 Å². The van der Waals surface area contributed by atoms with Crippen LogP contribution >= 0.6 is 0 Å². The highest BCUT2D eigenvalue weighted by Gasteiger charge is 2.21. The average molecular weight is 228 g/mol. The van der Waals surface area contributed by atoms with Crippen molar-refractivity contribution in [3.63, 3.8) is 0 Å². The normalized spacial score (nSPS) is 15.6. The molecule has 0 saturated carbocycles. The Balaban J connectivity index is 4.12. The predicted octanol–water partition coefficient (Wildman–Crippen LogP) is 2.98. The number of rotatable bonds is 5. The Morgan fingerprint density at radius 1 is 1.00 bits per heavy atom. The Bertz CT molecular complexity index is 186. The standard InChI is InChI=1S/C14H32N2/c1-13(2,3)8-12(9-15)10-16(7)11-14(4,5)6/h12H,8-11,15H2,1-7H3. The van der Waals surface area contributed by atoms with Crippen LogP contribution in [0.1, 0.15) is 48.0 Å². The van der Waals surface area contributed by atoms with Gasteiger partial charge in [0.2, 0.25) is 0 Å². The molecule has 16 heavy (non-hydrogen) atoms. The van der Waals surface area contributed by atoms with Gasteiger partial charge >= 0.3 is 0 Å². The third-order valence-electron chi connectivity index (χ3n) is 2.55. The number of hydrogen-bond acceptors (Lipinski definition) is 2. The summed E-state index contributed by atoms with van der Waals surface area (Å²) >= 11 is 0. The van der Waals surface area contributed by atoms with Crippen LogP contribution in [0.4, 0.5) is 0 Å². The third-order valence-corrected chi connectivity index (χ3v) is 2.55. The lowest BCUT2D eigenvalue weighted by molar-refractivity contribution is 0.176. The van der Waals surface area contributed by atoms with Crippen LogP contribution in [-0.2, 0) is 0 Å². The molecular formula is C14H32N2. The third kappa shape index (κ3) is 9.17. The fourth-order valence-corrected chi connectivity index (χ4v) is 2.40. The molecule has 1 unspecified atom stereocenters. The van der Waals surface area contributed by atoms with E-state index in [2.05, 4.69) is 53.5 Å². The molecule has 0 amide bonds. The molecule has 0 aromatic carbocycles. The molecular weight excluding hydrogens is 196 g/mol. The van der Waals surface area contributed by atoms with Crippen molar-refractivity contribution in [3.05, 3.63) is 0 Å². The van der Waals surface area contributed by atoms with Gasteiger partial charge in [0.15, 0.2) is 0 Å². The maximum absolute atomic E-state index is 5.87. The molecule has 0 rings (SSSR count). The molecule has 2 N–H and O–H groups in total. The summed E-state index contributed by atoms with van der Waals surface area (Å²) in [4.78, 5) is 2.42. The fraction of sp³-hybridized carbons (Fsp3) is 1.00. The van der Waals surface area contributed by atoms with Crippen molar-refractivity contribution in [3.8, 4) is 0 Å². The summed E-state index contributed by atoms with van der Waals surface area (Å²) in [6, 6.07) is 0. The van der Waals surface area contributed by atoms with Gasteiger partial charge in [0.05, 0.1) is 0 Å². The number of hydrogen-bond donors (Lipinski definition) is 1. The molecule has 0 bridgehead atoms. The van der Waals surface area contributed by atoms with Crippen molar-refractivity contribution < 1.29 is 0 Å². The summed E-state index contributed by atoms with van der Waals surface area (Å²) < 4.78 is 0. The Hall–Kier alpha value is -0.0800. The summed E-state index contributed by atoms with van der Waals surface area (Å²) in [5, 5.41) is 0. The van der Waals surface area contributed by atoms with Crippen LogP contribution in [0.3, 0.4) is 0 Å². The minimum absolute atomic E-state index is 0.371. The molecule has 0 spiro atoms. The topological polar surface area (TPSA) is 29.3 Å². The minimum Gasteiger partial charge on any atom is -0.330 e. The van der Waals surface area contributed by atoms with Gasteiger partial charge in [0, 0.05) is 13.1 Å². The molecule has 0 aliphatic heterocycles. The molecule has 2 heteroatoms. The average Bonchev–Trinajstić information content (AvgIpc) is 1.96. The van der Waals surface area contributed by atoms with Gasteiger partial charge in [-0.25, -0.2) is 0 Å². The summed E-state index contributed by atoms with van der Waals surface area (Å²) in [7, 11) is 2.20. The van der Waals surface area contributed by atoms with Gasteiger partial charge < -0.3 is 10.6 Å². The van der Waals surface area contributed by atoms with E-state index < -0.39 is 0 Å². The van der Waals surface area contributed by atoms with Crippen LogP contribution in [0.5, 0.6) is 0 Å².